The van der Waals surface area contributed by atoms with Gasteiger partial charge in [-0.1, -0.05) is 24.3 Å². The monoisotopic (exact) mass is 458 g/mol. The van der Waals surface area contributed by atoms with Gasteiger partial charge in [0.05, 0.1) is 12.2 Å². The first-order chi connectivity index (χ1) is 16.5. The summed E-state index contributed by atoms with van der Waals surface area (Å²) in [6.07, 6.45) is 0.0510. The molecule has 0 amide bonds. The highest BCUT2D eigenvalue weighted by molar-refractivity contribution is 5.67. The molecule has 2 aromatic carbocycles. The number of ether oxygens (including phenoxy) is 2. The molecule has 3 rings (SSSR count). The van der Waals surface area contributed by atoms with Crippen molar-refractivity contribution in [2.24, 2.45) is 0 Å². The number of pyridine rings is 1. The quantitative estimate of drug-likeness (QED) is 0.377. The van der Waals surface area contributed by atoms with Crippen molar-refractivity contribution in [1.29, 1.82) is 10.5 Å². The molecular formula is C26H26N4O4. The first kappa shape index (κ1) is 24.5. The van der Waals surface area contributed by atoms with Gasteiger partial charge in [0, 0.05) is 17.8 Å². The lowest BCUT2D eigenvalue weighted by atomic mass is 10.0. The molecular weight excluding hydrogens is 432 g/mol. The fourth-order valence-corrected chi connectivity index (χ4v) is 3.32. The molecule has 0 saturated heterocycles. The van der Waals surface area contributed by atoms with Crippen LogP contribution in [0.15, 0.2) is 59.4 Å². The van der Waals surface area contributed by atoms with Crippen molar-refractivity contribution in [3.63, 3.8) is 0 Å². The number of aryl methyl sites for hydroxylation is 1. The lowest BCUT2D eigenvalue weighted by Crippen LogP contribution is -2.32. The molecule has 0 aliphatic rings. The molecule has 8 heteroatoms. The zero-order valence-corrected chi connectivity index (χ0v) is 18.9. The van der Waals surface area contributed by atoms with E-state index in [4.69, 9.17) is 20.0 Å². The minimum atomic E-state index is -0.696. The Morgan fingerprint density at radius 1 is 1.06 bits per heavy atom. The third-order valence-corrected chi connectivity index (χ3v) is 5.11. The number of aromatic amines is 1. The molecule has 1 unspecified atom stereocenters. The number of aliphatic hydroxyl groups is 1. The number of H-pyrrole nitrogens is 1. The van der Waals surface area contributed by atoms with Gasteiger partial charge in [-0.25, -0.2) is 0 Å². The summed E-state index contributed by atoms with van der Waals surface area (Å²) >= 11 is 0. The van der Waals surface area contributed by atoms with Crippen molar-refractivity contribution in [2.75, 3.05) is 26.3 Å². The standard InChI is InChI=1S/C26H26N4O4/c1-18-24(13-21(15-28)26(32)30-18)19-7-9-23(10-8-19)33-12-4-11-29-16-22(31)17-34-25-6-3-2-5-20(25)14-27/h2-3,5-10,13,22,29,31H,4,11-12,16-17H2,1H3,(H,30,32). The van der Waals surface area contributed by atoms with Gasteiger partial charge in [-0.05, 0) is 55.8 Å². The van der Waals surface area contributed by atoms with E-state index >= 15 is 0 Å². The molecule has 3 N–H and O–H groups in total. The van der Waals surface area contributed by atoms with E-state index < -0.39 is 6.10 Å². The van der Waals surface area contributed by atoms with Crippen molar-refractivity contribution in [2.45, 2.75) is 19.4 Å². The van der Waals surface area contributed by atoms with Gasteiger partial charge in [-0.3, -0.25) is 4.79 Å². The number of nitrogens with one attached hydrogen (secondary N) is 2. The first-order valence-electron chi connectivity index (χ1n) is 10.9. The molecule has 0 spiro atoms. The van der Waals surface area contributed by atoms with E-state index in [-0.39, 0.29) is 17.7 Å². The number of para-hydroxylation sites is 1. The fourth-order valence-electron chi connectivity index (χ4n) is 3.32. The minimum absolute atomic E-state index is 0.0806. The van der Waals surface area contributed by atoms with Gasteiger partial charge < -0.3 is 24.9 Å². The van der Waals surface area contributed by atoms with Crippen LogP contribution in [0, 0.1) is 29.6 Å². The molecule has 0 aliphatic carbocycles. The van der Waals surface area contributed by atoms with Crippen LogP contribution in [0.2, 0.25) is 0 Å². The van der Waals surface area contributed by atoms with Crippen LogP contribution in [0.4, 0.5) is 0 Å². The average molecular weight is 459 g/mol. The molecule has 34 heavy (non-hydrogen) atoms. The molecule has 0 aliphatic heterocycles. The van der Waals surface area contributed by atoms with Gasteiger partial charge in [0.25, 0.3) is 5.56 Å². The van der Waals surface area contributed by atoms with Crippen LogP contribution < -0.4 is 20.3 Å². The number of rotatable bonds is 11. The van der Waals surface area contributed by atoms with Gasteiger partial charge >= 0.3 is 0 Å². The zero-order valence-electron chi connectivity index (χ0n) is 18.9. The number of benzene rings is 2. The van der Waals surface area contributed by atoms with E-state index in [1.165, 1.54) is 0 Å². The second-order valence-corrected chi connectivity index (χ2v) is 7.67. The van der Waals surface area contributed by atoms with E-state index in [9.17, 15) is 9.90 Å². The maximum Gasteiger partial charge on any atom is 0.266 e. The third kappa shape index (κ3) is 6.69. The Morgan fingerprint density at radius 3 is 2.53 bits per heavy atom. The Bertz CT molecular complexity index is 1240. The van der Waals surface area contributed by atoms with Gasteiger partial charge in [0.15, 0.2) is 0 Å². The van der Waals surface area contributed by atoms with E-state index in [0.717, 1.165) is 23.3 Å². The van der Waals surface area contributed by atoms with Crippen LogP contribution in [0.1, 0.15) is 23.2 Å². The number of hydrogen-bond acceptors (Lipinski definition) is 7. The van der Waals surface area contributed by atoms with E-state index in [1.807, 2.05) is 30.3 Å². The van der Waals surface area contributed by atoms with Crippen LogP contribution >= 0.6 is 0 Å². The summed E-state index contributed by atoms with van der Waals surface area (Å²) in [7, 11) is 0. The molecule has 0 saturated carbocycles. The van der Waals surface area contributed by atoms with Crippen molar-refractivity contribution in [3.05, 3.63) is 81.8 Å². The van der Waals surface area contributed by atoms with Crippen molar-refractivity contribution < 1.29 is 14.6 Å². The molecule has 3 aromatic rings. The molecule has 1 aromatic heterocycles. The molecule has 0 bridgehead atoms. The number of aliphatic hydroxyl groups excluding tert-OH is 1. The highest BCUT2D eigenvalue weighted by Gasteiger charge is 2.09. The topological polar surface area (TPSA) is 131 Å². The predicted octanol–water partition coefficient (Wildman–Crippen LogP) is 2.89. The Hall–Kier alpha value is -4.11. The lowest BCUT2D eigenvalue weighted by molar-refractivity contribution is 0.106. The largest absolute Gasteiger partial charge is 0.494 e. The second-order valence-electron chi connectivity index (χ2n) is 7.67. The normalized spacial score (nSPS) is 11.3. The molecule has 0 radical (unpaired) electrons. The minimum Gasteiger partial charge on any atom is -0.494 e. The van der Waals surface area contributed by atoms with E-state index in [2.05, 4.69) is 16.4 Å². The smallest absolute Gasteiger partial charge is 0.266 e. The maximum absolute atomic E-state index is 11.7. The summed E-state index contributed by atoms with van der Waals surface area (Å²) in [5, 5.41) is 31.4. The molecule has 0 fully saturated rings. The Kier molecular flexibility index (Phi) is 8.81. The van der Waals surface area contributed by atoms with Crippen molar-refractivity contribution >= 4 is 0 Å². The first-order valence-corrected chi connectivity index (χ1v) is 10.9. The summed E-state index contributed by atoms with van der Waals surface area (Å²) in [6.45, 7) is 3.43. The summed E-state index contributed by atoms with van der Waals surface area (Å²) in [5.74, 6) is 1.18. The summed E-state index contributed by atoms with van der Waals surface area (Å²) < 4.78 is 11.3. The fraction of sp³-hybridized carbons (Fsp3) is 0.269. The van der Waals surface area contributed by atoms with Gasteiger partial charge in [0.2, 0.25) is 0 Å². The Morgan fingerprint density at radius 2 is 1.79 bits per heavy atom. The Labute approximate surface area is 198 Å². The van der Waals surface area contributed by atoms with Crippen molar-refractivity contribution in [3.8, 4) is 34.8 Å². The zero-order chi connectivity index (χ0) is 24.3. The molecule has 1 heterocycles. The van der Waals surface area contributed by atoms with Crippen molar-refractivity contribution in [1.82, 2.24) is 10.3 Å². The van der Waals surface area contributed by atoms with E-state index in [1.54, 1.807) is 37.3 Å². The second kappa shape index (κ2) is 12.2. The summed E-state index contributed by atoms with van der Waals surface area (Å²) in [4.78, 5) is 14.4. The average Bonchev–Trinajstić information content (AvgIpc) is 2.85. The highest BCUT2D eigenvalue weighted by atomic mass is 16.5. The number of aromatic nitrogens is 1. The third-order valence-electron chi connectivity index (χ3n) is 5.11. The van der Waals surface area contributed by atoms with Crippen LogP contribution in [-0.2, 0) is 0 Å². The summed E-state index contributed by atoms with van der Waals surface area (Å²) in [6, 6.07) is 19.9. The summed E-state index contributed by atoms with van der Waals surface area (Å²) in [5.41, 5.74) is 2.51. The van der Waals surface area contributed by atoms with Crippen LogP contribution in [0.25, 0.3) is 11.1 Å². The predicted molar refractivity (Wildman–Crippen MR) is 128 cm³/mol. The van der Waals surface area contributed by atoms with Crippen LogP contribution in [0.5, 0.6) is 11.5 Å². The molecule has 1 atom stereocenters. The number of nitriles is 2. The molecule has 8 nitrogen and oxygen atoms in total. The molecule has 174 valence electrons. The Balaban J connectivity index is 1.37. The van der Waals surface area contributed by atoms with Gasteiger partial charge in [-0.2, -0.15) is 10.5 Å². The number of hydrogen-bond donors (Lipinski definition) is 3. The van der Waals surface area contributed by atoms with Gasteiger partial charge in [-0.15, -0.1) is 0 Å². The number of nitrogens with zero attached hydrogens (tertiary/aromatic N) is 2. The lowest BCUT2D eigenvalue weighted by Gasteiger charge is -2.14. The van der Waals surface area contributed by atoms with Gasteiger partial charge in [0.1, 0.15) is 41.9 Å². The SMILES string of the molecule is Cc1[nH]c(=O)c(C#N)cc1-c1ccc(OCCCNCC(O)COc2ccccc2C#N)cc1. The van der Waals surface area contributed by atoms with E-state index in [0.29, 0.717) is 36.7 Å². The highest BCUT2D eigenvalue weighted by Crippen LogP contribution is 2.24. The maximum atomic E-state index is 11.7. The van der Waals surface area contributed by atoms with Crippen LogP contribution in [0.3, 0.4) is 0 Å². The van der Waals surface area contributed by atoms with Crippen LogP contribution in [-0.4, -0.2) is 42.5 Å².